The Kier molecular flexibility index (Phi) is 9.70. The fraction of sp³-hybridized carbons (Fsp3) is 0.219. The van der Waals surface area contributed by atoms with Gasteiger partial charge in [0.15, 0.2) is 10.6 Å². The first-order valence-corrected chi connectivity index (χ1v) is 15.4. The zero-order chi connectivity index (χ0) is 31.5. The Labute approximate surface area is 272 Å². The van der Waals surface area contributed by atoms with Crippen LogP contribution in [0.3, 0.4) is 0 Å². The van der Waals surface area contributed by atoms with Crippen molar-refractivity contribution in [3.05, 3.63) is 117 Å². The van der Waals surface area contributed by atoms with Gasteiger partial charge in [0.1, 0.15) is 18.1 Å². The van der Waals surface area contributed by atoms with Crippen LogP contribution in [0.1, 0.15) is 36.6 Å². The number of esters is 1. The summed E-state index contributed by atoms with van der Waals surface area (Å²) in [4.78, 5) is 32.2. The smallest absolute Gasteiger partial charge is 0.338 e. The molecule has 228 valence electrons. The van der Waals surface area contributed by atoms with Gasteiger partial charge in [-0.3, -0.25) is 9.36 Å². The second-order valence-corrected chi connectivity index (χ2v) is 11.9. The minimum Gasteiger partial charge on any atom is -0.497 e. The highest BCUT2D eigenvalue weighted by Crippen LogP contribution is 2.37. The molecule has 3 aromatic carbocycles. The largest absolute Gasteiger partial charge is 0.497 e. The Bertz CT molecular complexity index is 1930. The van der Waals surface area contributed by atoms with Gasteiger partial charge in [-0.2, -0.15) is 0 Å². The van der Waals surface area contributed by atoms with Crippen LogP contribution >= 0.6 is 46.1 Å². The lowest BCUT2D eigenvalue weighted by atomic mass is 9.96. The second kappa shape index (κ2) is 13.5. The van der Waals surface area contributed by atoms with Crippen molar-refractivity contribution in [1.82, 2.24) is 4.57 Å². The predicted molar refractivity (Wildman–Crippen MR) is 172 cm³/mol. The van der Waals surface area contributed by atoms with E-state index in [9.17, 15) is 9.59 Å². The number of thiazole rings is 1. The van der Waals surface area contributed by atoms with Crippen molar-refractivity contribution in [2.24, 2.45) is 4.99 Å². The number of fused-ring (bicyclic) bond motifs is 1. The molecule has 1 aliphatic heterocycles. The number of hydrogen-bond donors (Lipinski definition) is 0. The van der Waals surface area contributed by atoms with E-state index in [0.29, 0.717) is 48.4 Å². The molecule has 0 aliphatic carbocycles. The van der Waals surface area contributed by atoms with Gasteiger partial charge in [-0.25, -0.2) is 9.79 Å². The monoisotopic (exact) mass is 672 g/mol. The van der Waals surface area contributed by atoms with Gasteiger partial charge in [-0.05, 0) is 67.4 Å². The molecule has 44 heavy (non-hydrogen) atoms. The second-order valence-electron chi connectivity index (χ2n) is 9.63. The Morgan fingerprint density at radius 1 is 1.02 bits per heavy atom. The first-order chi connectivity index (χ1) is 21.1. The van der Waals surface area contributed by atoms with Crippen molar-refractivity contribution >= 4 is 58.2 Å². The summed E-state index contributed by atoms with van der Waals surface area (Å²) in [6, 6.07) is 15.1. The Morgan fingerprint density at radius 2 is 1.73 bits per heavy atom. The molecule has 4 aromatic rings. The minimum absolute atomic E-state index is 0.0900. The molecule has 0 saturated carbocycles. The number of ether oxygens (including phenoxy) is 4. The Morgan fingerprint density at radius 3 is 2.36 bits per heavy atom. The van der Waals surface area contributed by atoms with Gasteiger partial charge in [0.2, 0.25) is 0 Å². The molecule has 0 saturated heterocycles. The molecular weight excluding hydrogens is 647 g/mol. The standard InChI is InChI=1S/C32H27Cl3N2O6S/c1-5-42-31(39)27-17(2)36-32-37(28(27)19-7-9-22(40-3)10-8-19)30(38)26(44-32)13-18-6-11-25(41-4)20(12-18)16-43-29-23(34)14-21(33)15-24(29)35/h6-15,28H,5,16H2,1-4H3. The number of nitrogens with zero attached hydrogens (tertiary/aromatic N) is 2. The van der Waals surface area contributed by atoms with Crippen molar-refractivity contribution in [3.63, 3.8) is 0 Å². The first kappa shape index (κ1) is 31.7. The summed E-state index contributed by atoms with van der Waals surface area (Å²) in [5.74, 6) is 1.01. The highest BCUT2D eigenvalue weighted by Gasteiger charge is 2.33. The van der Waals surface area contributed by atoms with Crippen molar-refractivity contribution in [1.29, 1.82) is 0 Å². The number of allylic oxidation sites excluding steroid dienone is 1. The number of carbonyl (C=O) groups is 1. The van der Waals surface area contributed by atoms with Crippen LogP contribution in [-0.2, 0) is 16.1 Å². The van der Waals surface area contributed by atoms with Gasteiger partial charge in [-0.1, -0.05) is 64.3 Å². The zero-order valence-corrected chi connectivity index (χ0v) is 27.2. The Hall–Kier alpha value is -3.76. The normalized spacial score (nSPS) is 14.6. The van der Waals surface area contributed by atoms with Gasteiger partial charge in [-0.15, -0.1) is 0 Å². The molecule has 0 N–H and O–H groups in total. The molecule has 8 nitrogen and oxygen atoms in total. The van der Waals surface area contributed by atoms with E-state index in [4.69, 9.17) is 53.8 Å². The summed E-state index contributed by atoms with van der Waals surface area (Å²) >= 11 is 19.8. The van der Waals surface area contributed by atoms with Gasteiger partial charge < -0.3 is 18.9 Å². The molecule has 0 amide bonds. The fourth-order valence-corrected chi connectivity index (χ4v) is 6.84. The quantitative estimate of drug-likeness (QED) is 0.192. The molecule has 0 bridgehead atoms. The molecule has 0 radical (unpaired) electrons. The minimum atomic E-state index is -0.730. The summed E-state index contributed by atoms with van der Waals surface area (Å²) in [5, 5.41) is 0.956. The summed E-state index contributed by atoms with van der Waals surface area (Å²) in [5.41, 5.74) is 2.65. The number of carbonyl (C=O) groups excluding carboxylic acids is 1. The average Bonchev–Trinajstić information content (AvgIpc) is 3.29. The lowest BCUT2D eigenvalue weighted by molar-refractivity contribution is -0.139. The molecule has 1 unspecified atom stereocenters. The highest BCUT2D eigenvalue weighted by molar-refractivity contribution is 7.07. The summed E-state index contributed by atoms with van der Waals surface area (Å²) in [6.07, 6.45) is 1.77. The molecular formula is C32H27Cl3N2O6S. The van der Waals surface area contributed by atoms with Crippen LogP contribution in [0.2, 0.25) is 15.1 Å². The number of aromatic nitrogens is 1. The number of hydrogen-bond acceptors (Lipinski definition) is 8. The van der Waals surface area contributed by atoms with E-state index in [1.165, 1.54) is 15.9 Å². The van der Waals surface area contributed by atoms with Gasteiger partial charge in [0, 0.05) is 10.6 Å². The van der Waals surface area contributed by atoms with Gasteiger partial charge in [0.25, 0.3) is 5.56 Å². The number of halogens is 3. The van der Waals surface area contributed by atoms with Crippen LogP contribution in [0, 0.1) is 0 Å². The number of benzene rings is 3. The SMILES string of the molecule is CCOC(=O)C1=C(C)N=c2sc(=Cc3ccc(OC)c(COc4c(Cl)cc(Cl)cc4Cl)c3)c(=O)n2C1c1ccc(OC)cc1. The van der Waals surface area contributed by atoms with Crippen molar-refractivity contribution in [2.45, 2.75) is 26.5 Å². The maximum absolute atomic E-state index is 14.0. The van der Waals surface area contributed by atoms with Crippen LogP contribution < -0.4 is 29.1 Å². The lowest BCUT2D eigenvalue weighted by Gasteiger charge is -2.24. The van der Waals surface area contributed by atoms with E-state index in [2.05, 4.69) is 4.99 Å². The number of methoxy groups -OCH3 is 2. The maximum Gasteiger partial charge on any atom is 0.338 e. The first-order valence-electron chi connectivity index (χ1n) is 13.4. The molecule has 0 spiro atoms. The van der Waals surface area contributed by atoms with Crippen LogP contribution in [0.4, 0.5) is 0 Å². The maximum atomic E-state index is 14.0. The zero-order valence-electron chi connectivity index (χ0n) is 24.2. The molecule has 1 aromatic heterocycles. The van der Waals surface area contributed by atoms with Crippen LogP contribution in [-0.4, -0.2) is 31.4 Å². The molecule has 5 rings (SSSR count). The Balaban J connectivity index is 1.57. The summed E-state index contributed by atoms with van der Waals surface area (Å²) in [7, 11) is 3.13. The van der Waals surface area contributed by atoms with Crippen LogP contribution in [0.25, 0.3) is 6.08 Å². The highest BCUT2D eigenvalue weighted by atomic mass is 35.5. The van der Waals surface area contributed by atoms with Gasteiger partial charge >= 0.3 is 5.97 Å². The van der Waals surface area contributed by atoms with E-state index in [1.54, 1.807) is 64.5 Å². The topological polar surface area (TPSA) is 88.4 Å². The fourth-order valence-electron chi connectivity index (χ4n) is 4.86. The molecule has 1 atom stereocenters. The van der Waals surface area contributed by atoms with Crippen molar-refractivity contribution in [2.75, 3.05) is 20.8 Å². The van der Waals surface area contributed by atoms with Crippen molar-refractivity contribution in [3.8, 4) is 17.2 Å². The predicted octanol–water partition coefficient (Wildman–Crippen LogP) is 6.35. The van der Waals surface area contributed by atoms with E-state index < -0.39 is 12.0 Å². The molecule has 0 fully saturated rings. The lowest BCUT2D eigenvalue weighted by Crippen LogP contribution is -2.39. The van der Waals surface area contributed by atoms with E-state index >= 15 is 0 Å². The van der Waals surface area contributed by atoms with Crippen LogP contribution in [0.5, 0.6) is 17.2 Å². The van der Waals surface area contributed by atoms with E-state index in [0.717, 1.165) is 11.1 Å². The van der Waals surface area contributed by atoms with Crippen LogP contribution in [0.15, 0.2) is 75.7 Å². The average molecular weight is 674 g/mol. The molecule has 2 heterocycles. The summed E-state index contributed by atoms with van der Waals surface area (Å²) in [6.45, 7) is 3.76. The molecule has 1 aliphatic rings. The third kappa shape index (κ3) is 6.37. The summed E-state index contributed by atoms with van der Waals surface area (Å²) < 4.78 is 24.1. The third-order valence-electron chi connectivity index (χ3n) is 6.89. The number of rotatable bonds is 9. The molecule has 12 heteroatoms. The van der Waals surface area contributed by atoms with E-state index in [1.807, 2.05) is 24.3 Å². The third-order valence-corrected chi connectivity index (χ3v) is 8.65. The van der Waals surface area contributed by atoms with E-state index in [-0.39, 0.29) is 28.8 Å². The van der Waals surface area contributed by atoms with Gasteiger partial charge in [0.05, 0.1) is 52.7 Å². The van der Waals surface area contributed by atoms with Crippen molar-refractivity contribution < 1.29 is 23.7 Å².